The number of carbonyl (C=O) groups is 5. The number of amides is 6. The Morgan fingerprint density at radius 3 is 1.90 bits per heavy atom. The highest BCUT2D eigenvalue weighted by atomic mass is 16.2. The van der Waals surface area contributed by atoms with Crippen LogP contribution in [0.1, 0.15) is 50.3 Å². The average Bonchev–Trinajstić information content (AvgIpc) is 3.10. The molecule has 3 rings (SSSR count). The van der Waals surface area contributed by atoms with Gasteiger partial charge in [-0.25, -0.2) is 4.79 Å². The minimum Gasteiger partial charge on any atom is -0.344 e. The summed E-state index contributed by atoms with van der Waals surface area (Å²) < 4.78 is 0. The van der Waals surface area contributed by atoms with Gasteiger partial charge in [-0.1, -0.05) is 81.4 Å². The second kappa shape index (κ2) is 20.6. The minimum atomic E-state index is -0.916. The Morgan fingerprint density at radius 1 is 0.673 bits per heavy atom. The largest absolute Gasteiger partial charge is 0.344 e. The van der Waals surface area contributed by atoms with E-state index < -0.39 is 29.9 Å². The molecule has 0 aliphatic carbocycles. The van der Waals surface area contributed by atoms with Gasteiger partial charge in [0.25, 0.3) is 0 Å². The molecule has 280 valence electrons. The molecule has 6 amide bonds. The van der Waals surface area contributed by atoms with Gasteiger partial charge in [0, 0.05) is 37.9 Å². The van der Waals surface area contributed by atoms with E-state index in [9.17, 15) is 24.0 Å². The molecule has 12 heteroatoms. The summed E-state index contributed by atoms with van der Waals surface area (Å²) in [5, 5.41) is 14.2. The molecule has 0 heterocycles. The maximum absolute atomic E-state index is 13.6. The van der Waals surface area contributed by atoms with Crippen LogP contribution in [-0.2, 0) is 32.0 Å². The number of hydrogen-bond acceptors (Lipinski definition) is 6. The number of likely N-dealkylation sites (N-methyl/N-ethyl adjacent to an activating group) is 2. The van der Waals surface area contributed by atoms with E-state index in [0.29, 0.717) is 42.9 Å². The van der Waals surface area contributed by atoms with Crippen molar-refractivity contribution < 1.29 is 24.0 Å². The van der Waals surface area contributed by atoms with Gasteiger partial charge < -0.3 is 36.4 Å². The first kappa shape index (κ1) is 41.2. The van der Waals surface area contributed by atoms with Crippen molar-refractivity contribution in [2.45, 2.75) is 71.5 Å². The smallest absolute Gasteiger partial charge is 0.323 e. The van der Waals surface area contributed by atoms with Gasteiger partial charge >= 0.3 is 6.03 Å². The summed E-state index contributed by atoms with van der Waals surface area (Å²) in [6.07, 6.45) is 0.956. The van der Waals surface area contributed by atoms with Gasteiger partial charge in [0.1, 0.15) is 18.1 Å². The standard InChI is InChI=1S/C40H55N7O5/c1-8-32(37(49)44-35(25-29-15-10-9-11-16-29)39(51)47(7)23-22-46(5)6)43-38(50)34(24-27(2)3)42-36(48)26-30-18-20-31(21-19-30)41-40(52)45-33-17-13-12-14-28(33)4/h9-21,27,32,34-35H,8,22-26H2,1-7H3,(H,42,48)(H,43,50)(H,44,49)(H2,41,45,52)/t32-,34-,35-/m0/s1. The van der Waals surface area contributed by atoms with Crippen molar-refractivity contribution in [2.75, 3.05) is 44.9 Å². The van der Waals surface area contributed by atoms with Gasteiger partial charge in [0.05, 0.1) is 6.42 Å². The van der Waals surface area contributed by atoms with Crippen molar-refractivity contribution in [3.05, 3.63) is 95.6 Å². The van der Waals surface area contributed by atoms with Crippen LogP contribution in [0.3, 0.4) is 0 Å². The van der Waals surface area contributed by atoms with Crippen molar-refractivity contribution in [1.82, 2.24) is 25.8 Å². The number of hydrogen-bond donors (Lipinski definition) is 5. The van der Waals surface area contributed by atoms with Crippen LogP contribution in [0.4, 0.5) is 16.2 Å². The van der Waals surface area contributed by atoms with E-state index in [4.69, 9.17) is 0 Å². The van der Waals surface area contributed by atoms with Crippen LogP contribution in [0.2, 0.25) is 0 Å². The highest BCUT2D eigenvalue weighted by Gasteiger charge is 2.30. The zero-order valence-corrected chi connectivity index (χ0v) is 31.5. The monoisotopic (exact) mass is 713 g/mol. The maximum atomic E-state index is 13.6. The molecule has 0 bridgehead atoms. The number of nitrogens with one attached hydrogen (secondary N) is 5. The molecule has 0 aliphatic rings. The fourth-order valence-corrected chi connectivity index (χ4v) is 5.51. The molecule has 0 saturated carbocycles. The van der Waals surface area contributed by atoms with E-state index >= 15 is 0 Å². The number of rotatable bonds is 18. The number of para-hydroxylation sites is 1. The number of aryl methyl sites for hydroxylation is 1. The maximum Gasteiger partial charge on any atom is 0.323 e. The molecule has 0 aromatic heterocycles. The van der Waals surface area contributed by atoms with E-state index in [2.05, 4.69) is 26.6 Å². The molecule has 0 unspecified atom stereocenters. The Bertz CT molecular complexity index is 1630. The van der Waals surface area contributed by atoms with E-state index in [1.54, 1.807) is 43.1 Å². The van der Waals surface area contributed by atoms with Gasteiger partial charge in [0.2, 0.25) is 23.6 Å². The molecule has 12 nitrogen and oxygen atoms in total. The highest BCUT2D eigenvalue weighted by molar-refractivity contribution is 6.00. The van der Waals surface area contributed by atoms with Crippen LogP contribution in [0.25, 0.3) is 0 Å². The topological polar surface area (TPSA) is 152 Å². The van der Waals surface area contributed by atoms with Crippen molar-refractivity contribution in [1.29, 1.82) is 0 Å². The second-order valence-corrected chi connectivity index (χ2v) is 13.8. The molecule has 0 saturated heterocycles. The second-order valence-electron chi connectivity index (χ2n) is 13.8. The number of carbonyl (C=O) groups excluding carboxylic acids is 5. The van der Waals surface area contributed by atoms with Gasteiger partial charge in [-0.2, -0.15) is 0 Å². The first-order chi connectivity index (χ1) is 24.7. The summed E-state index contributed by atoms with van der Waals surface area (Å²) in [4.78, 5) is 69.9. The predicted octanol–water partition coefficient (Wildman–Crippen LogP) is 4.35. The van der Waals surface area contributed by atoms with Gasteiger partial charge in [-0.3, -0.25) is 19.2 Å². The molecule has 52 heavy (non-hydrogen) atoms. The van der Waals surface area contributed by atoms with E-state index in [0.717, 1.165) is 11.1 Å². The van der Waals surface area contributed by atoms with Crippen LogP contribution in [0.15, 0.2) is 78.9 Å². The van der Waals surface area contributed by atoms with E-state index in [1.165, 1.54) is 0 Å². The van der Waals surface area contributed by atoms with Gasteiger partial charge in [-0.05, 0) is 74.7 Å². The molecular formula is C40H55N7O5. The molecule has 0 spiro atoms. The van der Waals surface area contributed by atoms with Crippen molar-refractivity contribution in [3.63, 3.8) is 0 Å². The van der Waals surface area contributed by atoms with Crippen molar-refractivity contribution >= 4 is 41.0 Å². The third kappa shape index (κ3) is 13.8. The van der Waals surface area contributed by atoms with Crippen molar-refractivity contribution in [3.8, 4) is 0 Å². The molecule has 0 radical (unpaired) electrons. The Morgan fingerprint density at radius 2 is 1.29 bits per heavy atom. The first-order valence-corrected chi connectivity index (χ1v) is 17.8. The lowest BCUT2D eigenvalue weighted by molar-refractivity contribution is -0.137. The fourth-order valence-electron chi connectivity index (χ4n) is 5.51. The lowest BCUT2D eigenvalue weighted by atomic mass is 10.0. The summed E-state index contributed by atoms with van der Waals surface area (Å²) in [6, 6.07) is 20.8. The Balaban J connectivity index is 1.62. The Hall–Kier alpha value is -5.23. The van der Waals surface area contributed by atoms with E-state index in [1.807, 2.05) is 94.4 Å². The minimum absolute atomic E-state index is 0.0138. The first-order valence-electron chi connectivity index (χ1n) is 17.8. The Kier molecular flexibility index (Phi) is 16.3. The molecule has 0 fully saturated rings. The molecule has 3 aromatic carbocycles. The average molecular weight is 714 g/mol. The van der Waals surface area contributed by atoms with Gasteiger partial charge in [0.15, 0.2) is 0 Å². The number of urea groups is 1. The number of anilines is 2. The zero-order valence-electron chi connectivity index (χ0n) is 31.5. The third-order valence-electron chi connectivity index (χ3n) is 8.53. The summed E-state index contributed by atoms with van der Waals surface area (Å²) in [5.74, 6) is -1.45. The highest BCUT2D eigenvalue weighted by Crippen LogP contribution is 2.16. The molecule has 3 aromatic rings. The molecule has 3 atom stereocenters. The van der Waals surface area contributed by atoms with Crippen LogP contribution in [0.5, 0.6) is 0 Å². The summed E-state index contributed by atoms with van der Waals surface area (Å²) in [6.45, 7) is 8.74. The van der Waals surface area contributed by atoms with Crippen LogP contribution >= 0.6 is 0 Å². The zero-order chi connectivity index (χ0) is 38.2. The van der Waals surface area contributed by atoms with Crippen molar-refractivity contribution in [2.24, 2.45) is 5.92 Å². The summed E-state index contributed by atoms with van der Waals surface area (Å²) in [7, 11) is 5.57. The number of nitrogens with zero attached hydrogens (tertiary/aromatic N) is 2. The van der Waals surface area contributed by atoms with E-state index in [-0.39, 0.29) is 36.6 Å². The normalized spacial score (nSPS) is 12.7. The molecule has 0 aliphatic heterocycles. The number of benzene rings is 3. The lowest BCUT2D eigenvalue weighted by Gasteiger charge is -2.28. The van der Waals surface area contributed by atoms with Crippen LogP contribution < -0.4 is 26.6 Å². The van der Waals surface area contributed by atoms with Crippen LogP contribution in [-0.4, -0.2) is 91.8 Å². The lowest BCUT2D eigenvalue weighted by Crippen LogP contribution is -2.57. The predicted molar refractivity (Wildman–Crippen MR) is 206 cm³/mol. The van der Waals surface area contributed by atoms with Gasteiger partial charge in [-0.15, -0.1) is 0 Å². The SMILES string of the molecule is CC[C@H](NC(=O)[C@H](CC(C)C)NC(=O)Cc1ccc(NC(=O)Nc2ccccc2C)cc1)C(=O)N[C@@H](Cc1ccccc1)C(=O)N(C)CCN(C)C. The molecule has 5 N–H and O–H groups in total. The third-order valence-corrected chi connectivity index (χ3v) is 8.53. The summed E-state index contributed by atoms with van der Waals surface area (Å²) >= 11 is 0. The fraction of sp³-hybridized carbons (Fsp3) is 0.425. The quantitative estimate of drug-likeness (QED) is 0.132. The molecular weight excluding hydrogens is 658 g/mol. The van der Waals surface area contributed by atoms with Crippen LogP contribution in [0, 0.1) is 12.8 Å². The Labute approximate surface area is 308 Å². The summed E-state index contributed by atoms with van der Waals surface area (Å²) in [5.41, 5.74) is 3.80.